The van der Waals surface area contributed by atoms with Crippen LogP contribution in [0.1, 0.15) is 10.4 Å². The van der Waals surface area contributed by atoms with E-state index >= 15 is 0 Å². The summed E-state index contributed by atoms with van der Waals surface area (Å²) in [6.45, 7) is 0. The number of benzene rings is 2. The van der Waals surface area contributed by atoms with Crippen LogP contribution in [0.2, 0.25) is 0 Å². The van der Waals surface area contributed by atoms with E-state index in [4.69, 9.17) is 15.2 Å². The second kappa shape index (κ2) is 5.23. The molecule has 2 rings (SSSR count). The van der Waals surface area contributed by atoms with Crippen LogP contribution in [0.5, 0.6) is 17.2 Å². The van der Waals surface area contributed by atoms with Gasteiger partial charge in [0.2, 0.25) is 0 Å². The van der Waals surface area contributed by atoms with Gasteiger partial charge in [-0.25, -0.2) is 0 Å². The molecule has 0 saturated heterocycles. The highest BCUT2D eigenvalue weighted by Gasteiger charge is 2.10. The molecule has 0 unspecified atom stereocenters. The van der Waals surface area contributed by atoms with Gasteiger partial charge >= 0.3 is 0 Å². The average molecular weight is 243 g/mol. The lowest BCUT2D eigenvalue weighted by atomic mass is 10.2. The van der Waals surface area contributed by atoms with Gasteiger partial charge in [0.25, 0.3) is 0 Å². The Hall–Kier alpha value is -2.49. The summed E-state index contributed by atoms with van der Waals surface area (Å²) in [5.41, 5.74) is 6.44. The Balaban J connectivity index is 2.40. The summed E-state index contributed by atoms with van der Waals surface area (Å²) < 4.78 is 10.8. The molecule has 0 atom stereocenters. The number of carbonyl (C=O) groups excluding carboxylic acids is 1. The molecule has 0 spiro atoms. The fourth-order valence-corrected chi connectivity index (χ4v) is 1.55. The zero-order valence-electron chi connectivity index (χ0n) is 9.92. The van der Waals surface area contributed by atoms with E-state index in [1.807, 2.05) is 30.3 Å². The van der Waals surface area contributed by atoms with Gasteiger partial charge in [-0.05, 0) is 18.2 Å². The second-order valence-electron chi connectivity index (χ2n) is 3.66. The Morgan fingerprint density at radius 3 is 2.44 bits per heavy atom. The van der Waals surface area contributed by atoms with E-state index in [0.717, 1.165) is 0 Å². The number of rotatable bonds is 4. The zero-order valence-corrected chi connectivity index (χ0v) is 9.92. The lowest BCUT2D eigenvalue weighted by molar-refractivity contribution is 0.112. The molecule has 4 nitrogen and oxygen atoms in total. The van der Waals surface area contributed by atoms with E-state index < -0.39 is 0 Å². The maximum Gasteiger partial charge on any atom is 0.170 e. The third-order valence-electron chi connectivity index (χ3n) is 2.47. The van der Waals surface area contributed by atoms with Gasteiger partial charge in [0, 0.05) is 17.3 Å². The summed E-state index contributed by atoms with van der Waals surface area (Å²) in [6.07, 6.45) is 0.687. The Morgan fingerprint density at radius 2 is 1.83 bits per heavy atom. The van der Waals surface area contributed by atoms with Gasteiger partial charge in [0.05, 0.1) is 7.11 Å². The molecule has 92 valence electrons. The summed E-state index contributed by atoms with van der Waals surface area (Å²) in [7, 11) is 1.52. The molecular formula is C14H13NO3. The molecule has 2 aromatic carbocycles. The van der Waals surface area contributed by atoms with Gasteiger partial charge in [-0.1, -0.05) is 18.2 Å². The molecule has 0 amide bonds. The van der Waals surface area contributed by atoms with Gasteiger partial charge in [-0.2, -0.15) is 0 Å². The van der Waals surface area contributed by atoms with Gasteiger partial charge in [-0.3, -0.25) is 4.79 Å². The molecule has 0 fully saturated rings. The SMILES string of the molecule is COc1cc(N)c(C=O)cc1Oc1ccccc1. The molecule has 0 aliphatic heterocycles. The third kappa shape index (κ3) is 2.43. The summed E-state index contributed by atoms with van der Waals surface area (Å²) >= 11 is 0. The van der Waals surface area contributed by atoms with Crippen molar-refractivity contribution in [2.24, 2.45) is 0 Å². The molecular weight excluding hydrogens is 230 g/mol. The van der Waals surface area contributed by atoms with Crippen molar-refractivity contribution >= 4 is 12.0 Å². The Bertz CT molecular complexity index is 552. The van der Waals surface area contributed by atoms with Gasteiger partial charge in [-0.15, -0.1) is 0 Å². The average Bonchev–Trinajstić information content (AvgIpc) is 2.41. The topological polar surface area (TPSA) is 61.5 Å². The molecule has 0 aliphatic rings. The number of nitrogen functional groups attached to an aromatic ring is 1. The first-order valence-electron chi connectivity index (χ1n) is 5.40. The maximum absolute atomic E-state index is 10.9. The highest BCUT2D eigenvalue weighted by atomic mass is 16.5. The number of hydrogen-bond donors (Lipinski definition) is 1. The van der Waals surface area contributed by atoms with Crippen molar-refractivity contribution in [3.63, 3.8) is 0 Å². The minimum absolute atomic E-state index is 0.363. The van der Waals surface area contributed by atoms with Crippen LogP contribution in [-0.2, 0) is 0 Å². The minimum atomic E-state index is 0.363. The van der Waals surface area contributed by atoms with Crippen LogP contribution >= 0.6 is 0 Å². The first-order chi connectivity index (χ1) is 8.74. The van der Waals surface area contributed by atoms with Crippen molar-refractivity contribution in [1.82, 2.24) is 0 Å². The van der Waals surface area contributed by atoms with Crippen LogP contribution in [0.15, 0.2) is 42.5 Å². The van der Waals surface area contributed by atoms with Gasteiger partial charge in [0.1, 0.15) is 5.75 Å². The lowest BCUT2D eigenvalue weighted by Gasteiger charge is -2.12. The first kappa shape index (κ1) is 12.0. The van der Waals surface area contributed by atoms with Gasteiger partial charge < -0.3 is 15.2 Å². The van der Waals surface area contributed by atoms with Crippen molar-refractivity contribution in [3.8, 4) is 17.2 Å². The van der Waals surface area contributed by atoms with Crippen molar-refractivity contribution in [2.45, 2.75) is 0 Å². The Labute approximate surface area is 105 Å². The number of anilines is 1. The predicted molar refractivity (Wildman–Crippen MR) is 69.3 cm³/mol. The first-order valence-corrected chi connectivity index (χ1v) is 5.40. The normalized spacial score (nSPS) is 9.83. The monoisotopic (exact) mass is 243 g/mol. The maximum atomic E-state index is 10.9. The number of aldehydes is 1. The molecule has 2 N–H and O–H groups in total. The number of methoxy groups -OCH3 is 1. The van der Waals surface area contributed by atoms with Crippen LogP contribution in [0, 0.1) is 0 Å². The second-order valence-corrected chi connectivity index (χ2v) is 3.66. The number of para-hydroxylation sites is 1. The lowest BCUT2D eigenvalue weighted by Crippen LogP contribution is -1.97. The quantitative estimate of drug-likeness (QED) is 0.662. The van der Waals surface area contributed by atoms with E-state index in [0.29, 0.717) is 34.8 Å². The number of ether oxygens (including phenoxy) is 2. The molecule has 18 heavy (non-hydrogen) atoms. The van der Waals surface area contributed by atoms with E-state index in [1.165, 1.54) is 7.11 Å². The highest BCUT2D eigenvalue weighted by molar-refractivity contribution is 5.85. The summed E-state index contributed by atoms with van der Waals surface area (Å²) in [4.78, 5) is 10.9. The fourth-order valence-electron chi connectivity index (χ4n) is 1.55. The van der Waals surface area contributed by atoms with Crippen LogP contribution in [0.3, 0.4) is 0 Å². The highest BCUT2D eigenvalue weighted by Crippen LogP contribution is 2.34. The standard InChI is InChI=1S/C14H13NO3/c1-17-13-8-12(15)10(9-16)7-14(13)18-11-5-3-2-4-6-11/h2-9H,15H2,1H3. The number of hydrogen-bond acceptors (Lipinski definition) is 4. The molecule has 0 aromatic heterocycles. The van der Waals surface area contributed by atoms with E-state index in [9.17, 15) is 4.79 Å². The Kier molecular flexibility index (Phi) is 3.48. The summed E-state index contributed by atoms with van der Waals surface area (Å²) in [5, 5.41) is 0. The molecule has 0 aliphatic carbocycles. The van der Waals surface area contributed by atoms with Crippen LogP contribution in [-0.4, -0.2) is 13.4 Å². The molecule has 4 heteroatoms. The number of nitrogens with two attached hydrogens (primary N) is 1. The predicted octanol–water partition coefficient (Wildman–Crippen LogP) is 2.88. The summed E-state index contributed by atoms with van der Waals surface area (Å²) in [6, 6.07) is 12.4. The van der Waals surface area contributed by atoms with Crippen molar-refractivity contribution in [1.29, 1.82) is 0 Å². The molecule has 0 radical (unpaired) electrons. The van der Waals surface area contributed by atoms with Crippen molar-refractivity contribution < 1.29 is 14.3 Å². The van der Waals surface area contributed by atoms with E-state index in [2.05, 4.69) is 0 Å². The fraction of sp³-hybridized carbons (Fsp3) is 0.0714. The summed E-state index contributed by atoms with van der Waals surface area (Å²) in [5.74, 6) is 1.61. The van der Waals surface area contributed by atoms with Crippen LogP contribution in [0.25, 0.3) is 0 Å². The van der Waals surface area contributed by atoms with E-state index in [-0.39, 0.29) is 0 Å². The zero-order chi connectivity index (χ0) is 13.0. The van der Waals surface area contributed by atoms with Crippen LogP contribution < -0.4 is 15.2 Å². The van der Waals surface area contributed by atoms with Crippen LogP contribution in [0.4, 0.5) is 5.69 Å². The van der Waals surface area contributed by atoms with Crippen molar-refractivity contribution in [2.75, 3.05) is 12.8 Å². The smallest absolute Gasteiger partial charge is 0.170 e. The minimum Gasteiger partial charge on any atom is -0.493 e. The molecule has 0 bridgehead atoms. The molecule has 0 saturated carbocycles. The van der Waals surface area contributed by atoms with E-state index in [1.54, 1.807) is 12.1 Å². The number of carbonyl (C=O) groups is 1. The van der Waals surface area contributed by atoms with Crippen molar-refractivity contribution in [3.05, 3.63) is 48.0 Å². The molecule has 0 heterocycles. The Morgan fingerprint density at radius 1 is 1.11 bits per heavy atom. The largest absolute Gasteiger partial charge is 0.493 e. The van der Waals surface area contributed by atoms with Gasteiger partial charge in [0.15, 0.2) is 17.8 Å². The molecule has 2 aromatic rings. The third-order valence-corrected chi connectivity index (χ3v) is 2.47.